The van der Waals surface area contributed by atoms with Crippen LogP contribution in [0.15, 0.2) is 18.2 Å². The zero-order valence-corrected chi connectivity index (χ0v) is 14.0. The Bertz CT molecular complexity index is 505. The van der Waals surface area contributed by atoms with E-state index in [9.17, 15) is 4.79 Å². The van der Waals surface area contributed by atoms with Gasteiger partial charge < -0.3 is 10.2 Å². The molecule has 0 radical (unpaired) electrons. The van der Waals surface area contributed by atoms with Gasteiger partial charge in [0.25, 0.3) is 0 Å². The SMILES string of the molecule is CC(C)NCCC(=O)N1CCCC1c1ccc(Cl)c(Cl)c1. The first-order valence-corrected chi connectivity index (χ1v) is 8.22. The van der Waals surface area contributed by atoms with Crippen LogP contribution >= 0.6 is 23.2 Å². The molecule has 0 spiro atoms. The maximum absolute atomic E-state index is 12.4. The van der Waals surface area contributed by atoms with Gasteiger partial charge in [0.2, 0.25) is 5.91 Å². The summed E-state index contributed by atoms with van der Waals surface area (Å²) in [6.07, 6.45) is 2.56. The third-order valence-corrected chi connectivity index (χ3v) is 4.53. The van der Waals surface area contributed by atoms with Gasteiger partial charge >= 0.3 is 0 Å². The normalized spacial score (nSPS) is 18.5. The summed E-state index contributed by atoms with van der Waals surface area (Å²) in [6.45, 7) is 5.71. The summed E-state index contributed by atoms with van der Waals surface area (Å²) < 4.78 is 0. The van der Waals surface area contributed by atoms with E-state index in [-0.39, 0.29) is 11.9 Å². The van der Waals surface area contributed by atoms with Crippen molar-refractivity contribution in [2.24, 2.45) is 0 Å². The fourth-order valence-electron chi connectivity index (χ4n) is 2.74. The van der Waals surface area contributed by atoms with Gasteiger partial charge in [-0.05, 0) is 30.5 Å². The van der Waals surface area contributed by atoms with Crippen molar-refractivity contribution in [2.75, 3.05) is 13.1 Å². The van der Waals surface area contributed by atoms with Crippen LogP contribution in [0.2, 0.25) is 10.0 Å². The molecule has 21 heavy (non-hydrogen) atoms. The fourth-order valence-corrected chi connectivity index (χ4v) is 3.05. The Morgan fingerprint density at radius 1 is 1.38 bits per heavy atom. The Morgan fingerprint density at radius 3 is 2.81 bits per heavy atom. The van der Waals surface area contributed by atoms with Gasteiger partial charge in [-0.1, -0.05) is 43.1 Å². The summed E-state index contributed by atoms with van der Waals surface area (Å²) in [5.41, 5.74) is 1.08. The number of carbonyl (C=O) groups is 1. The predicted molar refractivity (Wildman–Crippen MR) is 87.9 cm³/mol. The predicted octanol–water partition coefficient (Wildman–Crippen LogP) is 4.05. The van der Waals surface area contributed by atoms with Crippen LogP contribution in [-0.4, -0.2) is 29.9 Å². The van der Waals surface area contributed by atoms with Crippen LogP contribution < -0.4 is 5.32 Å². The van der Waals surface area contributed by atoms with Gasteiger partial charge in [0, 0.05) is 25.6 Å². The van der Waals surface area contributed by atoms with Gasteiger partial charge in [0.05, 0.1) is 16.1 Å². The molecular formula is C16H22Cl2N2O. The number of likely N-dealkylation sites (tertiary alicyclic amines) is 1. The molecule has 5 heteroatoms. The average molecular weight is 329 g/mol. The zero-order chi connectivity index (χ0) is 15.4. The van der Waals surface area contributed by atoms with Crippen LogP contribution in [0, 0.1) is 0 Å². The molecule has 1 atom stereocenters. The van der Waals surface area contributed by atoms with Crippen molar-refractivity contribution < 1.29 is 4.79 Å². The van der Waals surface area contributed by atoms with Crippen molar-refractivity contribution in [3.63, 3.8) is 0 Å². The average Bonchev–Trinajstić information content (AvgIpc) is 2.90. The molecular weight excluding hydrogens is 307 g/mol. The summed E-state index contributed by atoms with van der Waals surface area (Å²) in [5.74, 6) is 0.205. The number of carbonyl (C=O) groups excluding carboxylic acids is 1. The van der Waals surface area contributed by atoms with Crippen molar-refractivity contribution in [1.29, 1.82) is 0 Å². The first-order valence-electron chi connectivity index (χ1n) is 7.47. The molecule has 1 aromatic rings. The number of amides is 1. The lowest BCUT2D eigenvalue weighted by Gasteiger charge is -2.25. The van der Waals surface area contributed by atoms with Crippen LogP contribution in [-0.2, 0) is 4.79 Å². The van der Waals surface area contributed by atoms with E-state index < -0.39 is 0 Å². The molecule has 1 aliphatic rings. The van der Waals surface area contributed by atoms with E-state index in [2.05, 4.69) is 19.2 Å². The number of nitrogens with one attached hydrogen (secondary N) is 1. The number of halogens is 2. The Hall–Kier alpha value is -0.770. The van der Waals surface area contributed by atoms with Gasteiger partial charge in [0.1, 0.15) is 0 Å². The topological polar surface area (TPSA) is 32.3 Å². The van der Waals surface area contributed by atoms with Crippen molar-refractivity contribution >= 4 is 29.1 Å². The highest BCUT2D eigenvalue weighted by Crippen LogP contribution is 2.35. The number of hydrogen-bond donors (Lipinski definition) is 1. The first kappa shape index (κ1) is 16.6. The standard InChI is InChI=1S/C16H22Cl2N2O/c1-11(2)19-8-7-16(21)20-9-3-4-15(20)12-5-6-13(17)14(18)10-12/h5-6,10-11,15,19H,3-4,7-9H2,1-2H3. The number of hydrogen-bond acceptors (Lipinski definition) is 2. The molecule has 0 saturated carbocycles. The minimum atomic E-state index is 0.131. The van der Waals surface area contributed by atoms with Gasteiger partial charge in [-0.15, -0.1) is 0 Å². The van der Waals surface area contributed by atoms with E-state index in [1.165, 1.54) is 0 Å². The molecule has 1 unspecified atom stereocenters. The largest absolute Gasteiger partial charge is 0.336 e. The van der Waals surface area contributed by atoms with E-state index in [0.29, 0.717) is 22.5 Å². The molecule has 3 nitrogen and oxygen atoms in total. The Morgan fingerprint density at radius 2 is 2.14 bits per heavy atom. The van der Waals surface area contributed by atoms with Crippen LogP contribution in [0.4, 0.5) is 0 Å². The monoisotopic (exact) mass is 328 g/mol. The van der Waals surface area contributed by atoms with E-state index in [4.69, 9.17) is 23.2 Å². The lowest BCUT2D eigenvalue weighted by molar-refractivity contribution is -0.132. The van der Waals surface area contributed by atoms with E-state index in [1.807, 2.05) is 17.0 Å². The number of benzene rings is 1. The Kier molecular flexibility index (Phi) is 5.91. The molecule has 1 fully saturated rings. The molecule has 1 heterocycles. The quantitative estimate of drug-likeness (QED) is 0.884. The Labute approximate surface area is 136 Å². The van der Waals surface area contributed by atoms with Crippen LogP contribution in [0.1, 0.15) is 44.7 Å². The molecule has 116 valence electrons. The second kappa shape index (κ2) is 7.48. The third-order valence-electron chi connectivity index (χ3n) is 3.79. The van der Waals surface area contributed by atoms with Crippen LogP contribution in [0.5, 0.6) is 0 Å². The summed E-state index contributed by atoms with van der Waals surface area (Å²) in [7, 11) is 0. The summed E-state index contributed by atoms with van der Waals surface area (Å²) in [4.78, 5) is 14.4. The van der Waals surface area contributed by atoms with Gasteiger partial charge in [-0.3, -0.25) is 4.79 Å². The highest BCUT2D eigenvalue weighted by atomic mass is 35.5. The maximum Gasteiger partial charge on any atom is 0.224 e. The zero-order valence-electron chi connectivity index (χ0n) is 12.5. The van der Waals surface area contributed by atoms with E-state index in [0.717, 1.165) is 31.5 Å². The summed E-state index contributed by atoms with van der Waals surface area (Å²) in [5, 5.41) is 4.39. The minimum Gasteiger partial charge on any atom is -0.336 e. The summed E-state index contributed by atoms with van der Waals surface area (Å²) in [6, 6.07) is 6.19. The molecule has 1 aromatic carbocycles. The fraction of sp³-hybridized carbons (Fsp3) is 0.562. The number of nitrogens with zero attached hydrogens (tertiary/aromatic N) is 1. The van der Waals surface area contributed by atoms with Gasteiger partial charge in [0.15, 0.2) is 0 Å². The van der Waals surface area contributed by atoms with Crippen LogP contribution in [0.3, 0.4) is 0 Å². The molecule has 1 N–H and O–H groups in total. The molecule has 0 aliphatic carbocycles. The molecule has 1 aliphatic heterocycles. The molecule has 2 rings (SSSR count). The van der Waals surface area contributed by atoms with Gasteiger partial charge in [-0.2, -0.15) is 0 Å². The number of rotatable bonds is 5. The summed E-state index contributed by atoms with van der Waals surface area (Å²) >= 11 is 12.1. The lowest BCUT2D eigenvalue weighted by atomic mass is 10.0. The minimum absolute atomic E-state index is 0.131. The molecule has 0 bridgehead atoms. The molecule has 1 saturated heterocycles. The second-order valence-electron chi connectivity index (χ2n) is 5.78. The van der Waals surface area contributed by atoms with Crippen molar-refractivity contribution in [2.45, 2.75) is 45.2 Å². The lowest BCUT2D eigenvalue weighted by Crippen LogP contribution is -2.34. The van der Waals surface area contributed by atoms with E-state index in [1.54, 1.807) is 6.07 Å². The maximum atomic E-state index is 12.4. The third kappa shape index (κ3) is 4.35. The van der Waals surface area contributed by atoms with Crippen molar-refractivity contribution in [3.05, 3.63) is 33.8 Å². The molecule has 0 aromatic heterocycles. The van der Waals surface area contributed by atoms with Crippen molar-refractivity contribution in [1.82, 2.24) is 10.2 Å². The second-order valence-corrected chi connectivity index (χ2v) is 6.59. The highest BCUT2D eigenvalue weighted by molar-refractivity contribution is 6.42. The highest BCUT2D eigenvalue weighted by Gasteiger charge is 2.29. The van der Waals surface area contributed by atoms with Crippen LogP contribution in [0.25, 0.3) is 0 Å². The van der Waals surface area contributed by atoms with Gasteiger partial charge in [-0.25, -0.2) is 0 Å². The van der Waals surface area contributed by atoms with Crippen molar-refractivity contribution in [3.8, 4) is 0 Å². The Balaban J connectivity index is 2.02. The smallest absolute Gasteiger partial charge is 0.224 e. The molecule has 1 amide bonds. The first-order chi connectivity index (χ1) is 9.99. The van der Waals surface area contributed by atoms with E-state index >= 15 is 0 Å².